The van der Waals surface area contributed by atoms with Gasteiger partial charge in [-0.3, -0.25) is 4.57 Å². The number of allylic oxidation sites excluding steroid dienone is 4. The van der Waals surface area contributed by atoms with E-state index in [1.54, 1.807) is 12.7 Å². The Balaban J connectivity index is 0.000000637. The van der Waals surface area contributed by atoms with Gasteiger partial charge in [0, 0.05) is 12.2 Å². The van der Waals surface area contributed by atoms with Crippen LogP contribution >= 0.6 is 7.37 Å². The van der Waals surface area contributed by atoms with Gasteiger partial charge in [0.05, 0.1) is 11.0 Å². The van der Waals surface area contributed by atoms with Crippen LogP contribution < -0.4 is 10.3 Å². The smallest absolute Gasteiger partial charge is 0.274 e. The number of hydrogen-bond acceptors (Lipinski definition) is 3. The molecule has 2 N–H and O–H groups in total. The van der Waals surface area contributed by atoms with E-state index >= 15 is 0 Å². The predicted octanol–water partition coefficient (Wildman–Crippen LogP) is 4.66. The highest BCUT2D eigenvalue weighted by Crippen LogP contribution is 2.63. The number of rotatable bonds is 0. The molecule has 1 aromatic rings. The number of nitrogen functional groups attached to an aromatic ring is 1. The normalized spacial score (nSPS) is 23.7. The minimum Gasteiger partial charge on any atom is -0.437 e. The monoisotopic (exact) mass is 277 g/mol. The van der Waals surface area contributed by atoms with E-state index in [1.165, 1.54) is 0 Å². The van der Waals surface area contributed by atoms with Crippen LogP contribution in [0.1, 0.15) is 32.3 Å². The largest absolute Gasteiger partial charge is 0.437 e. The van der Waals surface area contributed by atoms with Gasteiger partial charge in [0.1, 0.15) is 0 Å². The Morgan fingerprint density at radius 3 is 2.63 bits per heavy atom. The van der Waals surface area contributed by atoms with Crippen molar-refractivity contribution in [2.75, 3.05) is 12.4 Å². The molecule has 0 amide bonds. The second kappa shape index (κ2) is 5.26. The second-order valence-corrected chi connectivity index (χ2v) is 6.80. The highest BCUT2D eigenvalue weighted by Gasteiger charge is 2.35. The lowest BCUT2D eigenvalue weighted by atomic mass is 9.98. The van der Waals surface area contributed by atoms with E-state index in [0.717, 1.165) is 29.3 Å². The summed E-state index contributed by atoms with van der Waals surface area (Å²) in [5, 5.41) is 0.849. The van der Waals surface area contributed by atoms with Crippen molar-refractivity contribution in [3.8, 4) is 5.75 Å². The van der Waals surface area contributed by atoms with Crippen molar-refractivity contribution in [2.45, 2.75) is 26.7 Å². The summed E-state index contributed by atoms with van der Waals surface area (Å²) in [6.45, 7) is 5.66. The van der Waals surface area contributed by atoms with Crippen molar-refractivity contribution >= 4 is 18.6 Å². The van der Waals surface area contributed by atoms with Gasteiger partial charge >= 0.3 is 0 Å². The van der Waals surface area contributed by atoms with Crippen LogP contribution in [-0.4, -0.2) is 6.66 Å². The molecule has 19 heavy (non-hydrogen) atoms. The molecule has 3 rings (SSSR count). The van der Waals surface area contributed by atoms with E-state index in [2.05, 4.69) is 6.08 Å². The topological polar surface area (TPSA) is 52.3 Å². The van der Waals surface area contributed by atoms with Crippen molar-refractivity contribution in [1.29, 1.82) is 0 Å². The second-order valence-electron chi connectivity index (χ2n) is 4.45. The Morgan fingerprint density at radius 2 is 1.89 bits per heavy atom. The van der Waals surface area contributed by atoms with Crippen molar-refractivity contribution in [2.24, 2.45) is 0 Å². The lowest BCUT2D eigenvalue weighted by molar-refractivity contribution is 0.493. The van der Waals surface area contributed by atoms with Crippen LogP contribution in [0.3, 0.4) is 0 Å². The molecule has 0 aromatic heterocycles. The third kappa shape index (κ3) is 2.35. The molecule has 1 unspecified atom stereocenters. The maximum atomic E-state index is 12.5. The molecule has 0 saturated carbocycles. The van der Waals surface area contributed by atoms with Crippen molar-refractivity contribution < 1.29 is 9.09 Å². The van der Waals surface area contributed by atoms with Gasteiger partial charge in [-0.25, -0.2) is 0 Å². The zero-order chi connectivity index (χ0) is 14.0. The molecule has 1 atom stereocenters. The Labute approximate surface area is 114 Å². The lowest BCUT2D eigenvalue weighted by Crippen LogP contribution is -2.10. The molecule has 2 aliphatic rings. The van der Waals surface area contributed by atoms with Crippen molar-refractivity contribution in [3.63, 3.8) is 0 Å². The molecule has 0 fully saturated rings. The van der Waals surface area contributed by atoms with Crippen LogP contribution in [0.2, 0.25) is 0 Å². The van der Waals surface area contributed by atoms with Crippen molar-refractivity contribution in [1.82, 2.24) is 0 Å². The molecular weight excluding hydrogens is 257 g/mol. The van der Waals surface area contributed by atoms with Gasteiger partial charge in [-0.05, 0) is 24.5 Å². The van der Waals surface area contributed by atoms with Gasteiger partial charge in [-0.1, -0.05) is 38.1 Å². The molecule has 102 valence electrons. The highest BCUT2D eigenvalue weighted by atomic mass is 31.2. The Morgan fingerprint density at radius 1 is 1.21 bits per heavy atom. The average molecular weight is 277 g/mol. The van der Waals surface area contributed by atoms with E-state index in [1.807, 2.05) is 32.1 Å². The summed E-state index contributed by atoms with van der Waals surface area (Å²) in [6.07, 6.45) is 6.07. The number of benzene rings is 1. The van der Waals surface area contributed by atoms with E-state index in [-0.39, 0.29) is 0 Å². The zero-order valence-electron chi connectivity index (χ0n) is 11.6. The fourth-order valence-corrected chi connectivity index (χ4v) is 4.15. The summed E-state index contributed by atoms with van der Waals surface area (Å²) in [4.78, 5) is 0. The van der Waals surface area contributed by atoms with Gasteiger partial charge in [-0.2, -0.15) is 0 Å². The third-order valence-electron chi connectivity index (χ3n) is 3.17. The first-order valence-electron chi connectivity index (χ1n) is 6.67. The van der Waals surface area contributed by atoms with Crippen LogP contribution in [0.5, 0.6) is 5.75 Å². The minimum absolute atomic E-state index is 0.551. The summed E-state index contributed by atoms with van der Waals surface area (Å²) in [5.41, 5.74) is 8.44. The zero-order valence-corrected chi connectivity index (χ0v) is 12.5. The van der Waals surface area contributed by atoms with Crippen LogP contribution in [-0.2, 0) is 4.57 Å². The van der Waals surface area contributed by atoms with Gasteiger partial charge < -0.3 is 10.3 Å². The van der Waals surface area contributed by atoms with Crippen LogP contribution in [0, 0.1) is 0 Å². The summed E-state index contributed by atoms with van der Waals surface area (Å²) >= 11 is 0. The van der Waals surface area contributed by atoms with E-state index in [4.69, 9.17) is 10.3 Å². The van der Waals surface area contributed by atoms with E-state index in [9.17, 15) is 4.57 Å². The molecule has 1 aliphatic carbocycles. The van der Waals surface area contributed by atoms with Gasteiger partial charge in [-0.15, -0.1) is 0 Å². The minimum atomic E-state index is -2.76. The number of anilines is 1. The maximum Gasteiger partial charge on any atom is 0.274 e. The standard InChI is InChI=1S/C13H14NO2P.C2H6/c1-17(15)12-8-3-2-5-9(12)10-6-4-7-11(14)13(10)16-17;1-2/h4-8H,2-3,14H2,1H3;1-2H3. The van der Waals surface area contributed by atoms with Crippen LogP contribution in [0.25, 0.3) is 5.57 Å². The molecule has 1 heterocycles. The molecule has 0 saturated heterocycles. The summed E-state index contributed by atoms with van der Waals surface area (Å²) in [5.74, 6) is 0.573. The Hall–Kier alpha value is -1.47. The van der Waals surface area contributed by atoms with Crippen molar-refractivity contribution in [3.05, 3.63) is 41.2 Å². The van der Waals surface area contributed by atoms with E-state index < -0.39 is 7.37 Å². The molecule has 3 nitrogen and oxygen atoms in total. The fourth-order valence-electron chi connectivity index (χ4n) is 2.39. The predicted molar refractivity (Wildman–Crippen MR) is 81.7 cm³/mol. The molecule has 0 spiro atoms. The summed E-state index contributed by atoms with van der Waals surface area (Å²) < 4.78 is 18.2. The van der Waals surface area contributed by atoms with Gasteiger partial charge in [0.15, 0.2) is 5.75 Å². The lowest BCUT2D eigenvalue weighted by Gasteiger charge is -2.30. The molecule has 4 heteroatoms. The number of nitrogens with two attached hydrogens (primary N) is 1. The molecule has 0 radical (unpaired) electrons. The summed E-state index contributed by atoms with van der Waals surface area (Å²) in [6, 6.07) is 5.64. The van der Waals surface area contributed by atoms with Crippen LogP contribution in [0.4, 0.5) is 5.69 Å². The molecular formula is C15H20NO2P. The first-order valence-corrected chi connectivity index (χ1v) is 8.74. The number of hydrogen-bond donors (Lipinski definition) is 1. The molecule has 1 aromatic carbocycles. The van der Waals surface area contributed by atoms with Crippen LogP contribution in [0.15, 0.2) is 35.7 Å². The molecule has 1 aliphatic heterocycles. The first-order chi connectivity index (χ1) is 9.09. The van der Waals surface area contributed by atoms with Gasteiger partial charge in [0.2, 0.25) is 0 Å². The average Bonchev–Trinajstić information content (AvgIpc) is 2.43. The molecule has 0 bridgehead atoms. The Kier molecular flexibility index (Phi) is 3.86. The maximum absolute atomic E-state index is 12.5. The highest BCUT2D eigenvalue weighted by molar-refractivity contribution is 7.64. The summed E-state index contributed by atoms with van der Waals surface area (Å²) in [7, 11) is -2.76. The quantitative estimate of drug-likeness (QED) is 0.554. The SMILES string of the molecule is CC.CP1(=O)Oc2c(N)cccc2C2=CCCC=C21. The number of fused-ring (bicyclic) bond motifs is 3. The van der Waals surface area contributed by atoms with E-state index in [0.29, 0.717) is 11.4 Å². The first kappa shape index (κ1) is 14.0. The Bertz CT molecular complexity index is 602. The number of para-hydroxylation sites is 1. The third-order valence-corrected chi connectivity index (χ3v) is 5.00. The fraction of sp³-hybridized carbons (Fsp3) is 0.333. The van der Waals surface area contributed by atoms with Gasteiger partial charge in [0.25, 0.3) is 7.37 Å².